The van der Waals surface area contributed by atoms with Gasteiger partial charge in [0.2, 0.25) is 0 Å². The predicted octanol–water partition coefficient (Wildman–Crippen LogP) is 3.88. The topological polar surface area (TPSA) is 59.6 Å². The fourth-order valence-electron chi connectivity index (χ4n) is 1.95. The summed E-state index contributed by atoms with van der Waals surface area (Å²) >= 11 is 0. The summed E-state index contributed by atoms with van der Waals surface area (Å²) in [6.07, 6.45) is 0. The van der Waals surface area contributed by atoms with Crippen LogP contribution in [-0.2, 0) is 0 Å². The van der Waals surface area contributed by atoms with Crippen LogP contribution in [-0.4, -0.2) is 0 Å². The number of nitriles is 2. The van der Waals surface area contributed by atoms with Gasteiger partial charge in [0.25, 0.3) is 0 Å². The highest BCUT2D eigenvalue weighted by atomic mass is 19.1. The van der Waals surface area contributed by atoms with Gasteiger partial charge in [-0.1, -0.05) is 12.1 Å². The number of halogens is 2. The van der Waals surface area contributed by atoms with Crippen molar-refractivity contribution in [2.45, 2.75) is 13.0 Å². The average Bonchev–Trinajstić information content (AvgIpc) is 2.50. The van der Waals surface area contributed by atoms with Gasteiger partial charge in [-0.25, -0.2) is 8.78 Å². The Kier molecular flexibility index (Phi) is 4.15. The van der Waals surface area contributed by atoms with Crippen molar-refractivity contribution in [3.63, 3.8) is 0 Å². The minimum absolute atomic E-state index is 0.0744. The average molecular weight is 283 g/mol. The quantitative estimate of drug-likeness (QED) is 0.929. The highest BCUT2D eigenvalue weighted by Gasteiger charge is 2.14. The van der Waals surface area contributed by atoms with Gasteiger partial charge in [-0.05, 0) is 36.8 Å². The lowest BCUT2D eigenvalue weighted by Gasteiger charge is -2.17. The lowest BCUT2D eigenvalue weighted by molar-refractivity contribution is 0.584. The molecule has 0 amide bonds. The van der Waals surface area contributed by atoms with Crippen LogP contribution in [0.15, 0.2) is 36.4 Å². The lowest BCUT2D eigenvalue weighted by atomic mass is 10.0. The third kappa shape index (κ3) is 3.16. The molecule has 0 aliphatic rings. The molecule has 0 heterocycles. The highest BCUT2D eigenvalue weighted by Crippen LogP contribution is 2.26. The maximum Gasteiger partial charge on any atom is 0.150 e. The molecule has 0 bridgehead atoms. The van der Waals surface area contributed by atoms with Gasteiger partial charge in [-0.3, -0.25) is 0 Å². The summed E-state index contributed by atoms with van der Waals surface area (Å²) in [7, 11) is 0. The molecular weight excluding hydrogens is 272 g/mol. The molecule has 1 atom stereocenters. The summed E-state index contributed by atoms with van der Waals surface area (Å²) in [5, 5.41) is 20.2. The second-order valence-electron chi connectivity index (χ2n) is 4.53. The van der Waals surface area contributed by atoms with Crippen molar-refractivity contribution < 1.29 is 8.78 Å². The molecule has 5 heteroatoms. The van der Waals surface area contributed by atoms with Crippen molar-refractivity contribution in [3.05, 3.63) is 64.7 Å². The van der Waals surface area contributed by atoms with E-state index in [1.165, 1.54) is 0 Å². The Labute approximate surface area is 121 Å². The molecule has 0 aliphatic carbocycles. The third-order valence-electron chi connectivity index (χ3n) is 3.05. The number of hydrogen-bond donors (Lipinski definition) is 1. The zero-order valence-corrected chi connectivity index (χ0v) is 11.2. The normalized spacial score (nSPS) is 11.3. The molecular formula is C16H11F2N3. The zero-order chi connectivity index (χ0) is 15.4. The standard InChI is InChI=1S/C16H11F2N3/c1-10(13-4-2-3-11(5-13)8-19)21-16-14(17)6-12(9-20)7-15(16)18/h2-7,10,21H,1H3. The van der Waals surface area contributed by atoms with E-state index in [9.17, 15) is 8.78 Å². The molecule has 104 valence electrons. The summed E-state index contributed by atoms with van der Waals surface area (Å²) in [6, 6.07) is 12.0. The Balaban J connectivity index is 2.30. The van der Waals surface area contributed by atoms with Crippen molar-refractivity contribution in [1.29, 1.82) is 10.5 Å². The highest BCUT2D eigenvalue weighted by molar-refractivity contribution is 5.52. The van der Waals surface area contributed by atoms with Crippen LogP contribution < -0.4 is 5.32 Å². The number of nitrogens with one attached hydrogen (secondary N) is 1. The van der Waals surface area contributed by atoms with Gasteiger partial charge in [-0.2, -0.15) is 10.5 Å². The van der Waals surface area contributed by atoms with Gasteiger partial charge in [0, 0.05) is 6.04 Å². The van der Waals surface area contributed by atoms with Crippen molar-refractivity contribution in [2.75, 3.05) is 5.32 Å². The zero-order valence-electron chi connectivity index (χ0n) is 11.2. The Morgan fingerprint density at radius 3 is 2.19 bits per heavy atom. The summed E-state index contributed by atoms with van der Waals surface area (Å²) < 4.78 is 27.6. The summed E-state index contributed by atoms with van der Waals surface area (Å²) in [4.78, 5) is 0. The van der Waals surface area contributed by atoms with Crippen molar-refractivity contribution in [2.24, 2.45) is 0 Å². The maximum atomic E-state index is 13.8. The van der Waals surface area contributed by atoms with E-state index in [0.717, 1.165) is 17.7 Å². The Morgan fingerprint density at radius 2 is 1.62 bits per heavy atom. The van der Waals surface area contributed by atoms with Crippen LogP contribution in [0.4, 0.5) is 14.5 Å². The molecule has 1 N–H and O–H groups in total. The van der Waals surface area contributed by atoms with Crippen LogP contribution >= 0.6 is 0 Å². The molecule has 0 spiro atoms. The molecule has 0 fully saturated rings. The molecule has 1 unspecified atom stereocenters. The molecule has 2 aromatic carbocycles. The van der Waals surface area contributed by atoms with E-state index in [1.54, 1.807) is 37.3 Å². The molecule has 2 rings (SSSR count). The van der Waals surface area contributed by atoms with Gasteiger partial charge in [0.05, 0.1) is 23.3 Å². The smallest absolute Gasteiger partial charge is 0.150 e. The van der Waals surface area contributed by atoms with E-state index in [1.807, 2.05) is 6.07 Å². The van der Waals surface area contributed by atoms with E-state index < -0.39 is 17.7 Å². The number of nitrogens with zero attached hydrogens (tertiary/aromatic N) is 2. The van der Waals surface area contributed by atoms with E-state index in [0.29, 0.717) is 5.56 Å². The van der Waals surface area contributed by atoms with E-state index in [4.69, 9.17) is 10.5 Å². The van der Waals surface area contributed by atoms with Gasteiger partial charge in [-0.15, -0.1) is 0 Å². The van der Waals surface area contributed by atoms with Gasteiger partial charge >= 0.3 is 0 Å². The van der Waals surface area contributed by atoms with E-state index in [-0.39, 0.29) is 11.3 Å². The third-order valence-corrected chi connectivity index (χ3v) is 3.05. The first kappa shape index (κ1) is 14.5. The number of anilines is 1. The summed E-state index contributed by atoms with van der Waals surface area (Å²) in [5.41, 5.74) is 0.845. The Hall–Kier alpha value is -2.92. The molecule has 0 aliphatic heterocycles. The minimum atomic E-state index is -0.824. The number of hydrogen-bond acceptors (Lipinski definition) is 3. The van der Waals surface area contributed by atoms with Crippen LogP contribution in [0.2, 0.25) is 0 Å². The molecule has 2 aromatic rings. The van der Waals surface area contributed by atoms with Crippen LogP contribution in [0.1, 0.15) is 29.7 Å². The van der Waals surface area contributed by atoms with Crippen LogP contribution in [0, 0.1) is 34.3 Å². The van der Waals surface area contributed by atoms with Crippen molar-refractivity contribution in [1.82, 2.24) is 0 Å². The summed E-state index contributed by atoms with van der Waals surface area (Å²) in [6.45, 7) is 1.73. The molecule has 21 heavy (non-hydrogen) atoms. The SMILES string of the molecule is CC(Nc1c(F)cc(C#N)cc1F)c1cccc(C#N)c1. The predicted molar refractivity (Wildman–Crippen MR) is 74.3 cm³/mol. The molecule has 0 aromatic heterocycles. The summed E-state index contributed by atoms with van der Waals surface area (Å²) in [5.74, 6) is -1.65. The Morgan fingerprint density at radius 1 is 1.00 bits per heavy atom. The van der Waals surface area contributed by atoms with Gasteiger partial charge < -0.3 is 5.32 Å². The second-order valence-corrected chi connectivity index (χ2v) is 4.53. The maximum absolute atomic E-state index is 13.8. The molecule has 3 nitrogen and oxygen atoms in total. The lowest BCUT2D eigenvalue weighted by Crippen LogP contribution is -2.10. The van der Waals surface area contributed by atoms with Crippen LogP contribution in [0.25, 0.3) is 0 Å². The minimum Gasteiger partial charge on any atom is -0.374 e. The molecule has 0 radical (unpaired) electrons. The molecule has 0 saturated heterocycles. The van der Waals surface area contributed by atoms with Gasteiger partial charge in [0.15, 0.2) is 11.6 Å². The van der Waals surface area contributed by atoms with Crippen LogP contribution in [0.5, 0.6) is 0 Å². The Bertz CT molecular complexity index is 734. The first-order valence-electron chi connectivity index (χ1n) is 6.21. The second kappa shape index (κ2) is 6.02. The fraction of sp³-hybridized carbons (Fsp3) is 0.125. The largest absolute Gasteiger partial charge is 0.374 e. The van der Waals surface area contributed by atoms with E-state index in [2.05, 4.69) is 5.32 Å². The monoisotopic (exact) mass is 283 g/mol. The van der Waals surface area contributed by atoms with Crippen LogP contribution in [0.3, 0.4) is 0 Å². The number of rotatable bonds is 3. The van der Waals surface area contributed by atoms with Crippen molar-refractivity contribution in [3.8, 4) is 12.1 Å². The van der Waals surface area contributed by atoms with Crippen molar-refractivity contribution >= 4 is 5.69 Å². The first-order chi connectivity index (χ1) is 10.0. The van der Waals surface area contributed by atoms with Gasteiger partial charge in [0.1, 0.15) is 5.69 Å². The number of benzene rings is 2. The fourth-order valence-corrected chi connectivity index (χ4v) is 1.95. The molecule has 0 saturated carbocycles. The van der Waals surface area contributed by atoms with E-state index >= 15 is 0 Å². The first-order valence-corrected chi connectivity index (χ1v) is 6.21.